The topological polar surface area (TPSA) is 46.3 Å². The van der Waals surface area contributed by atoms with E-state index in [0.717, 1.165) is 24.3 Å². The summed E-state index contributed by atoms with van der Waals surface area (Å²) < 4.78 is 0. The van der Waals surface area contributed by atoms with Gasteiger partial charge in [0.05, 0.1) is 5.56 Å². The van der Waals surface area contributed by atoms with E-state index < -0.39 is 0 Å². The summed E-state index contributed by atoms with van der Waals surface area (Å²) in [5.41, 5.74) is 7.83. The van der Waals surface area contributed by atoms with Crippen molar-refractivity contribution >= 4 is 29.7 Å². The lowest BCUT2D eigenvalue weighted by atomic mass is 9.88. The smallest absolute Gasteiger partial charge is 0.255 e. The van der Waals surface area contributed by atoms with E-state index in [9.17, 15) is 4.79 Å². The predicted octanol–water partition coefficient (Wildman–Crippen LogP) is 2.71. The molecule has 2 unspecified atom stereocenters. The molecule has 108 valence electrons. The third kappa shape index (κ3) is 3.30. The SMILES string of the molecule is CC1CCc2c(C(=O)N(C)C(C)CN)csc2C1.Cl. The zero-order valence-electron chi connectivity index (χ0n) is 11.8. The van der Waals surface area contributed by atoms with Gasteiger partial charge in [0.2, 0.25) is 0 Å². The van der Waals surface area contributed by atoms with Crippen LogP contribution in [0, 0.1) is 5.92 Å². The van der Waals surface area contributed by atoms with Crippen molar-refractivity contribution in [2.45, 2.75) is 39.2 Å². The van der Waals surface area contributed by atoms with Crippen LogP contribution in [-0.4, -0.2) is 30.4 Å². The molecule has 2 atom stereocenters. The molecule has 19 heavy (non-hydrogen) atoms. The van der Waals surface area contributed by atoms with Crippen molar-refractivity contribution in [3.63, 3.8) is 0 Å². The van der Waals surface area contributed by atoms with Gasteiger partial charge in [0.15, 0.2) is 0 Å². The Labute approximate surface area is 125 Å². The van der Waals surface area contributed by atoms with Crippen molar-refractivity contribution in [2.24, 2.45) is 11.7 Å². The van der Waals surface area contributed by atoms with E-state index >= 15 is 0 Å². The summed E-state index contributed by atoms with van der Waals surface area (Å²) in [5.74, 6) is 0.875. The van der Waals surface area contributed by atoms with Gasteiger partial charge in [-0.1, -0.05) is 6.92 Å². The maximum absolute atomic E-state index is 12.4. The van der Waals surface area contributed by atoms with Crippen LogP contribution in [-0.2, 0) is 12.8 Å². The van der Waals surface area contributed by atoms with Gasteiger partial charge in [0.1, 0.15) is 0 Å². The van der Waals surface area contributed by atoms with Gasteiger partial charge in [-0.15, -0.1) is 23.7 Å². The number of hydrogen-bond donors (Lipinski definition) is 1. The summed E-state index contributed by atoms with van der Waals surface area (Å²) >= 11 is 1.74. The number of likely N-dealkylation sites (N-methyl/N-ethyl adjacent to an activating group) is 1. The van der Waals surface area contributed by atoms with Gasteiger partial charge < -0.3 is 10.6 Å². The number of carbonyl (C=O) groups is 1. The van der Waals surface area contributed by atoms with Crippen LogP contribution in [0.5, 0.6) is 0 Å². The second-order valence-electron chi connectivity index (χ2n) is 5.40. The van der Waals surface area contributed by atoms with Gasteiger partial charge in [-0.05, 0) is 37.7 Å². The lowest BCUT2D eigenvalue weighted by Gasteiger charge is -2.25. The minimum absolute atomic E-state index is 0. The summed E-state index contributed by atoms with van der Waals surface area (Å²) in [6.45, 7) is 4.77. The number of carbonyl (C=O) groups excluding carboxylic acids is 1. The number of nitrogens with two attached hydrogens (primary N) is 1. The molecule has 2 N–H and O–H groups in total. The quantitative estimate of drug-likeness (QED) is 0.933. The van der Waals surface area contributed by atoms with E-state index in [1.807, 2.05) is 19.4 Å². The van der Waals surface area contributed by atoms with Crippen LogP contribution in [0.25, 0.3) is 0 Å². The predicted molar refractivity (Wildman–Crippen MR) is 83.4 cm³/mol. The van der Waals surface area contributed by atoms with Gasteiger partial charge in [-0.25, -0.2) is 0 Å². The van der Waals surface area contributed by atoms with Gasteiger partial charge in [-0.2, -0.15) is 0 Å². The minimum Gasteiger partial charge on any atom is -0.338 e. The van der Waals surface area contributed by atoms with Crippen LogP contribution in [0.2, 0.25) is 0 Å². The van der Waals surface area contributed by atoms with E-state index in [-0.39, 0.29) is 24.4 Å². The molecule has 1 aromatic heterocycles. The molecule has 0 aromatic carbocycles. The highest BCUT2D eigenvalue weighted by Gasteiger charge is 2.25. The number of thiophene rings is 1. The lowest BCUT2D eigenvalue weighted by molar-refractivity contribution is 0.0747. The van der Waals surface area contributed by atoms with Crippen molar-refractivity contribution in [1.82, 2.24) is 4.90 Å². The number of amides is 1. The summed E-state index contributed by atoms with van der Waals surface area (Å²) in [6, 6.07) is 0.0931. The molecule has 0 saturated heterocycles. The molecule has 0 radical (unpaired) electrons. The monoisotopic (exact) mass is 302 g/mol. The summed E-state index contributed by atoms with van der Waals surface area (Å²) in [5, 5.41) is 2.03. The van der Waals surface area contributed by atoms with Crippen LogP contribution in [0.4, 0.5) is 0 Å². The standard InChI is InChI=1S/C14H22N2OS.ClH/c1-9-4-5-11-12(8-18-13(11)6-9)14(17)16(3)10(2)7-15;/h8-10H,4-7,15H2,1-3H3;1H. The van der Waals surface area contributed by atoms with Crippen molar-refractivity contribution < 1.29 is 4.79 Å². The highest BCUT2D eigenvalue weighted by molar-refractivity contribution is 7.10. The first-order valence-corrected chi connectivity index (χ1v) is 7.49. The Bertz CT molecular complexity index is 447. The molecule has 0 fully saturated rings. The first-order chi connectivity index (χ1) is 8.54. The molecular formula is C14H23ClN2OS. The van der Waals surface area contributed by atoms with E-state index in [4.69, 9.17) is 5.73 Å². The Hall–Kier alpha value is -0.580. The van der Waals surface area contributed by atoms with Gasteiger partial charge in [0, 0.05) is 29.9 Å². The number of hydrogen-bond acceptors (Lipinski definition) is 3. The third-order valence-electron chi connectivity index (χ3n) is 3.95. The van der Waals surface area contributed by atoms with Crippen molar-refractivity contribution in [2.75, 3.05) is 13.6 Å². The second kappa shape index (κ2) is 6.73. The molecule has 0 saturated carbocycles. The van der Waals surface area contributed by atoms with Gasteiger partial charge in [0.25, 0.3) is 5.91 Å². The summed E-state index contributed by atoms with van der Waals surface area (Å²) in [7, 11) is 1.84. The van der Waals surface area contributed by atoms with Crippen LogP contribution in [0.1, 0.15) is 41.1 Å². The van der Waals surface area contributed by atoms with Crippen molar-refractivity contribution in [1.29, 1.82) is 0 Å². The van der Waals surface area contributed by atoms with Crippen LogP contribution in [0.15, 0.2) is 5.38 Å². The average Bonchev–Trinajstić information content (AvgIpc) is 2.78. The maximum Gasteiger partial charge on any atom is 0.255 e. The summed E-state index contributed by atoms with van der Waals surface area (Å²) in [4.78, 5) is 15.6. The van der Waals surface area contributed by atoms with Crippen LogP contribution in [0.3, 0.4) is 0 Å². The first-order valence-electron chi connectivity index (χ1n) is 6.61. The largest absolute Gasteiger partial charge is 0.338 e. The van der Waals surface area contributed by atoms with Crippen molar-refractivity contribution in [3.8, 4) is 0 Å². The highest BCUT2D eigenvalue weighted by atomic mass is 35.5. The highest BCUT2D eigenvalue weighted by Crippen LogP contribution is 2.33. The van der Waals surface area contributed by atoms with E-state index in [2.05, 4.69) is 6.92 Å². The number of fused-ring (bicyclic) bond motifs is 1. The zero-order valence-corrected chi connectivity index (χ0v) is 13.4. The molecule has 1 aromatic rings. The molecule has 5 heteroatoms. The van der Waals surface area contributed by atoms with E-state index in [1.165, 1.54) is 16.9 Å². The fraction of sp³-hybridized carbons (Fsp3) is 0.643. The second-order valence-corrected chi connectivity index (χ2v) is 6.36. The minimum atomic E-state index is 0. The lowest BCUT2D eigenvalue weighted by Crippen LogP contribution is -2.40. The van der Waals surface area contributed by atoms with Crippen molar-refractivity contribution in [3.05, 3.63) is 21.4 Å². The molecule has 0 aliphatic heterocycles. The molecule has 2 rings (SSSR count). The number of nitrogens with zero attached hydrogens (tertiary/aromatic N) is 1. The third-order valence-corrected chi connectivity index (χ3v) is 5.01. The van der Waals surface area contributed by atoms with E-state index in [1.54, 1.807) is 16.2 Å². The summed E-state index contributed by atoms with van der Waals surface area (Å²) in [6.07, 6.45) is 3.37. The van der Waals surface area contributed by atoms with Crippen LogP contribution < -0.4 is 5.73 Å². The fourth-order valence-corrected chi connectivity index (χ4v) is 3.64. The molecule has 1 aliphatic rings. The average molecular weight is 303 g/mol. The molecule has 1 heterocycles. The Kier molecular flexibility index (Phi) is 5.83. The normalized spacial score (nSPS) is 19.3. The molecule has 0 spiro atoms. The first kappa shape index (κ1) is 16.5. The van der Waals surface area contributed by atoms with Gasteiger partial charge in [-0.3, -0.25) is 4.79 Å². The fourth-order valence-electron chi connectivity index (χ4n) is 2.40. The molecular weight excluding hydrogens is 280 g/mol. The maximum atomic E-state index is 12.4. The van der Waals surface area contributed by atoms with Gasteiger partial charge >= 0.3 is 0 Å². The Morgan fingerprint density at radius 3 is 2.95 bits per heavy atom. The van der Waals surface area contributed by atoms with Crippen LogP contribution >= 0.6 is 23.7 Å². The Balaban J connectivity index is 0.00000180. The zero-order chi connectivity index (χ0) is 13.3. The molecule has 0 bridgehead atoms. The molecule has 1 amide bonds. The molecule has 1 aliphatic carbocycles. The Morgan fingerprint density at radius 2 is 2.32 bits per heavy atom. The number of rotatable bonds is 3. The van der Waals surface area contributed by atoms with E-state index in [0.29, 0.717) is 6.54 Å². The number of halogens is 1. The Morgan fingerprint density at radius 1 is 1.63 bits per heavy atom. The molecule has 3 nitrogen and oxygen atoms in total.